The summed E-state index contributed by atoms with van der Waals surface area (Å²) in [5.41, 5.74) is 2.13. The molecule has 1 aliphatic heterocycles. The summed E-state index contributed by atoms with van der Waals surface area (Å²) >= 11 is 0. The number of likely N-dealkylation sites (tertiary alicyclic amines) is 1. The van der Waals surface area contributed by atoms with Crippen LogP contribution in [0.15, 0.2) is 36.7 Å². The lowest BCUT2D eigenvalue weighted by molar-refractivity contribution is 0.0698. The smallest absolute Gasteiger partial charge is 0.276 e. The first-order valence-corrected chi connectivity index (χ1v) is 10.5. The number of fused-ring (bicyclic) bond motifs is 1. The second-order valence-corrected chi connectivity index (χ2v) is 8.23. The van der Waals surface area contributed by atoms with E-state index in [-0.39, 0.29) is 30.7 Å². The van der Waals surface area contributed by atoms with E-state index in [1.165, 1.54) is 12.8 Å². The maximum atomic E-state index is 13.1. The van der Waals surface area contributed by atoms with E-state index in [1.54, 1.807) is 10.9 Å². The minimum atomic E-state index is -0.0173. The summed E-state index contributed by atoms with van der Waals surface area (Å²) in [6, 6.07) is 8.48. The van der Waals surface area contributed by atoms with E-state index in [0.717, 1.165) is 60.5 Å². The summed E-state index contributed by atoms with van der Waals surface area (Å²) in [7, 11) is 0. The van der Waals surface area contributed by atoms with Gasteiger partial charge in [-0.05, 0) is 57.2 Å². The Morgan fingerprint density at radius 3 is 2.65 bits per heavy atom. The number of hydrogen-bond donors (Lipinski definition) is 1. The van der Waals surface area contributed by atoms with Gasteiger partial charge in [-0.25, -0.2) is 4.68 Å². The molecule has 1 N–H and O–H groups in total. The molecule has 1 saturated carbocycles. The Morgan fingerprint density at radius 1 is 1.13 bits per heavy atom. The fraction of sp³-hybridized carbons (Fsp3) is 0.455. The Balaban J connectivity index is 0.00000136. The van der Waals surface area contributed by atoms with Gasteiger partial charge in [0.25, 0.3) is 5.91 Å². The molecule has 5 rings (SSSR count). The summed E-state index contributed by atoms with van der Waals surface area (Å²) in [4.78, 5) is 19.2. The van der Waals surface area contributed by atoms with E-state index in [9.17, 15) is 4.79 Å². The first-order valence-electron chi connectivity index (χ1n) is 10.5. The number of carbonyl (C=O) groups is 1. The van der Waals surface area contributed by atoms with Crippen molar-refractivity contribution in [3.05, 3.63) is 48.0 Å². The molecule has 1 saturated heterocycles. The molecular weight excluding hydrogens is 435 g/mol. The predicted molar refractivity (Wildman–Crippen MR) is 126 cm³/mol. The van der Waals surface area contributed by atoms with Gasteiger partial charge in [0.2, 0.25) is 0 Å². The van der Waals surface area contributed by atoms with E-state index < -0.39 is 0 Å². The molecule has 0 bridgehead atoms. The maximum Gasteiger partial charge on any atom is 0.276 e. The minimum Gasteiger partial charge on any atom is -0.337 e. The molecule has 2 fully saturated rings. The van der Waals surface area contributed by atoms with Crippen molar-refractivity contribution in [3.8, 4) is 5.69 Å². The molecule has 0 spiro atoms. The van der Waals surface area contributed by atoms with Crippen LogP contribution in [-0.4, -0.2) is 56.5 Å². The molecule has 3 heterocycles. The standard InChI is InChI=1S/C22H26N6O.2ClH/c1-15-21(22(29)27-11-8-18(9-12-27)24-13-16-5-6-16)25-26-28(15)20-4-2-3-17-14-23-10-7-19(17)20;;/h2-4,7,10,14,16,18,24H,5-6,8-9,11-13H2,1H3;2*1H. The molecule has 1 amide bonds. The SMILES string of the molecule is Cc1c(C(=O)N2CCC(NCC3CC3)CC2)nnn1-c1cccc2cnccc12.Cl.Cl. The number of amides is 1. The van der Waals surface area contributed by atoms with Gasteiger partial charge in [0, 0.05) is 42.3 Å². The van der Waals surface area contributed by atoms with Crippen molar-refractivity contribution in [3.63, 3.8) is 0 Å². The number of nitrogens with one attached hydrogen (secondary N) is 1. The third kappa shape index (κ3) is 4.84. The quantitative estimate of drug-likeness (QED) is 0.626. The molecule has 7 nitrogen and oxygen atoms in total. The minimum absolute atomic E-state index is 0. The highest BCUT2D eigenvalue weighted by Crippen LogP contribution is 2.28. The van der Waals surface area contributed by atoms with Crippen LogP contribution >= 0.6 is 24.8 Å². The van der Waals surface area contributed by atoms with Crippen LogP contribution in [0, 0.1) is 12.8 Å². The van der Waals surface area contributed by atoms with Gasteiger partial charge in [-0.15, -0.1) is 29.9 Å². The Morgan fingerprint density at radius 2 is 1.90 bits per heavy atom. The van der Waals surface area contributed by atoms with E-state index >= 15 is 0 Å². The second-order valence-electron chi connectivity index (χ2n) is 8.23. The Labute approximate surface area is 194 Å². The van der Waals surface area contributed by atoms with Gasteiger partial charge in [-0.3, -0.25) is 9.78 Å². The number of halogens is 2. The van der Waals surface area contributed by atoms with Crippen LogP contribution in [0.2, 0.25) is 0 Å². The van der Waals surface area contributed by atoms with Gasteiger partial charge in [0.1, 0.15) is 0 Å². The summed E-state index contributed by atoms with van der Waals surface area (Å²) in [5, 5.41) is 14.3. The van der Waals surface area contributed by atoms with Crippen LogP contribution in [0.3, 0.4) is 0 Å². The third-order valence-corrected chi connectivity index (χ3v) is 6.16. The molecule has 1 aliphatic carbocycles. The summed E-state index contributed by atoms with van der Waals surface area (Å²) in [6.45, 7) is 4.59. The van der Waals surface area contributed by atoms with Gasteiger partial charge in [0.05, 0.1) is 11.4 Å². The van der Waals surface area contributed by atoms with E-state index in [2.05, 4.69) is 20.6 Å². The normalized spacial score (nSPS) is 16.6. The first-order chi connectivity index (χ1) is 14.2. The molecule has 2 aliphatic rings. The van der Waals surface area contributed by atoms with Crippen molar-refractivity contribution >= 4 is 41.5 Å². The molecule has 0 radical (unpaired) electrons. The Kier molecular flexibility index (Phi) is 7.51. The molecular formula is C22H28Cl2N6O. The summed E-state index contributed by atoms with van der Waals surface area (Å²) < 4.78 is 1.76. The lowest BCUT2D eigenvalue weighted by atomic mass is 10.0. The first kappa shape index (κ1) is 23.4. The summed E-state index contributed by atoms with van der Waals surface area (Å²) in [6.07, 6.45) is 8.34. The number of aromatic nitrogens is 4. The van der Waals surface area contributed by atoms with Crippen molar-refractivity contribution in [2.45, 2.75) is 38.6 Å². The zero-order valence-electron chi connectivity index (χ0n) is 17.5. The van der Waals surface area contributed by atoms with Gasteiger partial charge in [0.15, 0.2) is 5.69 Å². The van der Waals surface area contributed by atoms with Crippen LogP contribution in [0.4, 0.5) is 0 Å². The Hall–Kier alpha value is -2.22. The van der Waals surface area contributed by atoms with E-state index in [0.29, 0.717) is 11.7 Å². The molecule has 0 atom stereocenters. The van der Waals surface area contributed by atoms with Crippen molar-refractivity contribution < 1.29 is 4.79 Å². The van der Waals surface area contributed by atoms with Crippen molar-refractivity contribution in [2.24, 2.45) is 5.92 Å². The highest BCUT2D eigenvalue weighted by molar-refractivity contribution is 5.94. The predicted octanol–water partition coefficient (Wildman–Crippen LogP) is 3.57. The van der Waals surface area contributed by atoms with Crippen LogP contribution in [0.5, 0.6) is 0 Å². The van der Waals surface area contributed by atoms with Crippen LogP contribution < -0.4 is 5.32 Å². The molecule has 2 aromatic heterocycles. The molecule has 166 valence electrons. The number of carbonyl (C=O) groups excluding carboxylic acids is 1. The zero-order valence-corrected chi connectivity index (χ0v) is 19.2. The fourth-order valence-corrected chi connectivity index (χ4v) is 4.14. The van der Waals surface area contributed by atoms with Gasteiger partial charge in [-0.2, -0.15) is 0 Å². The monoisotopic (exact) mass is 462 g/mol. The van der Waals surface area contributed by atoms with Crippen LogP contribution in [0.1, 0.15) is 41.9 Å². The average molecular weight is 463 g/mol. The topological polar surface area (TPSA) is 75.9 Å². The highest BCUT2D eigenvalue weighted by atomic mass is 35.5. The lowest BCUT2D eigenvalue weighted by Gasteiger charge is -2.32. The molecule has 0 unspecified atom stereocenters. The number of nitrogens with zero attached hydrogens (tertiary/aromatic N) is 5. The fourth-order valence-electron chi connectivity index (χ4n) is 4.14. The van der Waals surface area contributed by atoms with Gasteiger partial charge < -0.3 is 10.2 Å². The van der Waals surface area contributed by atoms with Gasteiger partial charge in [-0.1, -0.05) is 17.3 Å². The molecule has 9 heteroatoms. The van der Waals surface area contributed by atoms with Crippen LogP contribution in [-0.2, 0) is 0 Å². The number of pyridine rings is 1. The average Bonchev–Trinajstić information content (AvgIpc) is 3.52. The van der Waals surface area contributed by atoms with E-state index in [1.807, 2.05) is 42.3 Å². The maximum absolute atomic E-state index is 13.1. The summed E-state index contributed by atoms with van der Waals surface area (Å²) in [5.74, 6) is 0.869. The second kappa shape index (κ2) is 9.94. The number of piperidine rings is 1. The number of benzene rings is 1. The van der Waals surface area contributed by atoms with Crippen molar-refractivity contribution in [1.29, 1.82) is 0 Å². The van der Waals surface area contributed by atoms with Gasteiger partial charge >= 0.3 is 0 Å². The highest BCUT2D eigenvalue weighted by Gasteiger charge is 2.28. The Bertz CT molecular complexity index is 1040. The molecule has 1 aromatic carbocycles. The largest absolute Gasteiger partial charge is 0.337 e. The van der Waals surface area contributed by atoms with Crippen molar-refractivity contribution in [1.82, 2.24) is 30.2 Å². The van der Waals surface area contributed by atoms with Crippen LogP contribution in [0.25, 0.3) is 16.5 Å². The zero-order chi connectivity index (χ0) is 19.8. The van der Waals surface area contributed by atoms with E-state index in [4.69, 9.17) is 0 Å². The number of hydrogen-bond acceptors (Lipinski definition) is 5. The molecule has 31 heavy (non-hydrogen) atoms. The van der Waals surface area contributed by atoms with Crippen molar-refractivity contribution in [2.75, 3.05) is 19.6 Å². The molecule has 3 aromatic rings. The third-order valence-electron chi connectivity index (χ3n) is 6.16. The number of rotatable bonds is 5. The lowest BCUT2D eigenvalue weighted by Crippen LogP contribution is -2.45.